The van der Waals surface area contributed by atoms with Crippen molar-refractivity contribution >= 4 is 11.8 Å². The average Bonchev–Trinajstić information content (AvgIpc) is 2.91. The summed E-state index contributed by atoms with van der Waals surface area (Å²) < 4.78 is 0. The highest BCUT2D eigenvalue weighted by atomic mass is 16.2. The molecule has 2 saturated heterocycles. The topological polar surface area (TPSA) is 40.6 Å². The largest absolute Gasteiger partial charge is 0.342 e. The number of carbonyl (C=O) groups is 2. The van der Waals surface area contributed by atoms with Gasteiger partial charge in [0.05, 0.1) is 5.92 Å². The van der Waals surface area contributed by atoms with Crippen LogP contribution in [0.15, 0.2) is 0 Å². The molecular formula is C14H24N2O2. The predicted octanol–water partition coefficient (Wildman–Crippen LogP) is 1.50. The fraction of sp³-hybridized carbons (Fsp3) is 0.857. The summed E-state index contributed by atoms with van der Waals surface area (Å²) in [6, 6.07) is 0. The van der Waals surface area contributed by atoms with Crippen molar-refractivity contribution in [3.63, 3.8) is 0 Å². The first kappa shape index (κ1) is 13.4. The highest BCUT2D eigenvalue weighted by Crippen LogP contribution is 2.22. The quantitative estimate of drug-likeness (QED) is 0.747. The van der Waals surface area contributed by atoms with Gasteiger partial charge in [0, 0.05) is 32.1 Å². The molecule has 0 aromatic carbocycles. The van der Waals surface area contributed by atoms with Gasteiger partial charge in [-0.2, -0.15) is 0 Å². The van der Waals surface area contributed by atoms with Gasteiger partial charge in [-0.05, 0) is 25.7 Å². The zero-order valence-corrected chi connectivity index (χ0v) is 11.5. The van der Waals surface area contributed by atoms with E-state index < -0.39 is 0 Å². The standard InChI is InChI=1S/C14H24N2O2/c1-11(2)13(17)16-9-5-6-12(10-16)14(18)15-7-3-4-8-15/h11-12H,3-10H2,1-2H3. The average molecular weight is 252 g/mol. The zero-order chi connectivity index (χ0) is 13.1. The predicted molar refractivity (Wildman–Crippen MR) is 70.0 cm³/mol. The van der Waals surface area contributed by atoms with Gasteiger partial charge in [0.1, 0.15) is 0 Å². The third kappa shape index (κ3) is 2.85. The van der Waals surface area contributed by atoms with E-state index in [0.29, 0.717) is 6.54 Å². The molecule has 0 aromatic rings. The summed E-state index contributed by atoms with van der Waals surface area (Å²) >= 11 is 0. The lowest BCUT2D eigenvalue weighted by molar-refractivity contribution is -0.141. The summed E-state index contributed by atoms with van der Waals surface area (Å²) in [4.78, 5) is 28.2. The molecule has 0 aromatic heterocycles. The molecule has 0 bridgehead atoms. The number of piperidine rings is 1. The highest BCUT2D eigenvalue weighted by Gasteiger charge is 2.32. The molecule has 2 amide bonds. The van der Waals surface area contributed by atoms with Crippen LogP contribution in [0.1, 0.15) is 39.5 Å². The van der Waals surface area contributed by atoms with E-state index in [-0.39, 0.29) is 23.7 Å². The van der Waals surface area contributed by atoms with Gasteiger partial charge in [0.25, 0.3) is 0 Å². The minimum absolute atomic E-state index is 0.0330. The second kappa shape index (κ2) is 5.72. The van der Waals surface area contributed by atoms with Crippen LogP contribution in [-0.4, -0.2) is 47.8 Å². The third-order valence-corrected chi connectivity index (χ3v) is 3.99. The van der Waals surface area contributed by atoms with Gasteiger partial charge in [-0.15, -0.1) is 0 Å². The van der Waals surface area contributed by atoms with Crippen molar-refractivity contribution in [1.82, 2.24) is 9.80 Å². The van der Waals surface area contributed by atoms with Crippen molar-refractivity contribution < 1.29 is 9.59 Å². The van der Waals surface area contributed by atoms with Crippen LogP contribution in [0.3, 0.4) is 0 Å². The fourth-order valence-electron chi connectivity index (χ4n) is 2.94. The van der Waals surface area contributed by atoms with E-state index in [1.54, 1.807) is 0 Å². The molecule has 102 valence electrons. The maximum Gasteiger partial charge on any atom is 0.227 e. The Morgan fingerprint density at radius 2 is 1.61 bits per heavy atom. The normalized spacial score (nSPS) is 24.7. The molecule has 0 radical (unpaired) electrons. The van der Waals surface area contributed by atoms with E-state index in [0.717, 1.165) is 45.3 Å². The first-order valence-corrected chi connectivity index (χ1v) is 7.17. The first-order chi connectivity index (χ1) is 8.59. The summed E-state index contributed by atoms with van der Waals surface area (Å²) in [6.45, 7) is 7.12. The summed E-state index contributed by atoms with van der Waals surface area (Å²) in [6.07, 6.45) is 4.17. The molecule has 4 nitrogen and oxygen atoms in total. The second-order valence-electron chi connectivity index (χ2n) is 5.81. The number of hydrogen-bond acceptors (Lipinski definition) is 2. The maximum atomic E-state index is 12.3. The van der Waals surface area contributed by atoms with Gasteiger partial charge in [-0.3, -0.25) is 9.59 Å². The van der Waals surface area contributed by atoms with Gasteiger partial charge in [-0.25, -0.2) is 0 Å². The Morgan fingerprint density at radius 1 is 1.00 bits per heavy atom. The molecule has 2 heterocycles. The second-order valence-corrected chi connectivity index (χ2v) is 5.81. The van der Waals surface area contributed by atoms with Crippen molar-refractivity contribution in [1.29, 1.82) is 0 Å². The molecule has 1 unspecified atom stereocenters. The van der Waals surface area contributed by atoms with Crippen LogP contribution in [0, 0.1) is 11.8 Å². The highest BCUT2D eigenvalue weighted by molar-refractivity contribution is 5.82. The molecule has 0 aliphatic carbocycles. The summed E-state index contributed by atoms with van der Waals surface area (Å²) in [5, 5.41) is 0. The number of hydrogen-bond donors (Lipinski definition) is 0. The lowest BCUT2D eigenvalue weighted by Gasteiger charge is -2.34. The Labute approximate surface area is 109 Å². The zero-order valence-electron chi connectivity index (χ0n) is 11.5. The van der Waals surface area contributed by atoms with Gasteiger partial charge >= 0.3 is 0 Å². The van der Waals surface area contributed by atoms with E-state index in [2.05, 4.69) is 0 Å². The first-order valence-electron chi connectivity index (χ1n) is 7.17. The van der Waals surface area contributed by atoms with Gasteiger partial charge in [0.2, 0.25) is 11.8 Å². The lowest BCUT2D eigenvalue weighted by atomic mass is 9.95. The van der Waals surface area contributed by atoms with E-state index in [1.165, 1.54) is 0 Å². The fourth-order valence-corrected chi connectivity index (χ4v) is 2.94. The third-order valence-electron chi connectivity index (χ3n) is 3.99. The van der Waals surface area contributed by atoms with Crippen molar-refractivity contribution in [3.8, 4) is 0 Å². The maximum absolute atomic E-state index is 12.3. The monoisotopic (exact) mass is 252 g/mol. The SMILES string of the molecule is CC(C)C(=O)N1CCCC(C(=O)N2CCCC2)C1. The Morgan fingerprint density at radius 3 is 2.22 bits per heavy atom. The van der Waals surface area contributed by atoms with Crippen LogP contribution in [0.2, 0.25) is 0 Å². The molecular weight excluding hydrogens is 228 g/mol. The lowest BCUT2D eigenvalue weighted by Crippen LogP contribution is -2.47. The Balaban J connectivity index is 1.93. The molecule has 0 N–H and O–H groups in total. The smallest absolute Gasteiger partial charge is 0.227 e. The Bertz CT molecular complexity index is 322. The van der Waals surface area contributed by atoms with E-state index in [9.17, 15) is 9.59 Å². The number of nitrogens with zero attached hydrogens (tertiary/aromatic N) is 2. The van der Waals surface area contributed by atoms with Gasteiger partial charge < -0.3 is 9.80 Å². The van der Waals surface area contributed by atoms with Crippen LogP contribution >= 0.6 is 0 Å². The number of carbonyl (C=O) groups excluding carboxylic acids is 2. The van der Waals surface area contributed by atoms with E-state index >= 15 is 0 Å². The van der Waals surface area contributed by atoms with E-state index in [1.807, 2.05) is 23.6 Å². The minimum atomic E-state index is 0.0330. The van der Waals surface area contributed by atoms with Crippen molar-refractivity contribution in [3.05, 3.63) is 0 Å². The Hall–Kier alpha value is -1.06. The van der Waals surface area contributed by atoms with Crippen molar-refractivity contribution in [2.24, 2.45) is 11.8 Å². The number of amides is 2. The molecule has 2 aliphatic heterocycles. The van der Waals surface area contributed by atoms with Crippen molar-refractivity contribution in [2.75, 3.05) is 26.2 Å². The van der Waals surface area contributed by atoms with E-state index in [4.69, 9.17) is 0 Å². The van der Waals surface area contributed by atoms with Crippen LogP contribution in [0.25, 0.3) is 0 Å². The molecule has 18 heavy (non-hydrogen) atoms. The van der Waals surface area contributed by atoms with Crippen LogP contribution < -0.4 is 0 Å². The molecule has 0 saturated carbocycles. The van der Waals surface area contributed by atoms with Crippen molar-refractivity contribution in [2.45, 2.75) is 39.5 Å². The van der Waals surface area contributed by atoms with Crippen LogP contribution in [-0.2, 0) is 9.59 Å². The minimum Gasteiger partial charge on any atom is -0.342 e. The summed E-state index contributed by atoms with van der Waals surface area (Å²) in [7, 11) is 0. The van der Waals surface area contributed by atoms with Gasteiger partial charge in [0.15, 0.2) is 0 Å². The summed E-state index contributed by atoms with van der Waals surface area (Å²) in [5.74, 6) is 0.535. The Kier molecular flexibility index (Phi) is 4.25. The van der Waals surface area contributed by atoms with Crippen LogP contribution in [0.4, 0.5) is 0 Å². The summed E-state index contributed by atoms with van der Waals surface area (Å²) in [5.41, 5.74) is 0. The molecule has 2 fully saturated rings. The molecule has 1 atom stereocenters. The van der Waals surface area contributed by atoms with Crippen LogP contribution in [0.5, 0.6) is 0 Å². The molecule has 2 rings (SSSR count). The number of rotatable bonds is 2. The molecule has 0 spiro atoms. The number of likely N-dealkylation sites (tertiary alicyclic amines) is 2. The van der Waals surface area contributed by atoms with Gasteiger partial charge in [-0.1, -0.05) is 13.8 Å². The molecule has 2 aliphatic rings. The molecule has 4 heteroatoms.